The maximum atomic E-state index is 6.14. The monoisotopic (exact) mass is 539 g/mol. The third-order valence-corrected chi connectivity index (χ3v) is 6.19. The molecular weight excluding hydrogens is 517 g/mol. The van der Waals surface area contributed by atoms with E-state index in [0.717, 1.165) is 16.6 Å². The largest absolute Gasteiger partial charge is 0.493 e. The van der Waals surface area contributed by atoms with E-state index >= 15 is 0 Å². The van der Waals surface area contributed by atoms with Gasteiger partial charge in [-0.05, 0) is 29.8 Å². The number of ether oxygens (including phenoxy) is 3. The molecule has 0 spiro atoms. The number of fused-ring (bicyclic) bond motifs is 1. The second kappa shape index (κ2) is 11.6. The zero-order valence-electron chi connectivity index (χ0n) is 19.8. The van der Waals surface area contributed by atoms with Crippen LogP contribution in [-0.2, 0) is 16.2 Å². The van der Waals surface area contributed by atoms with Gasteiger partial charge in [-0.2, -0.15) is 0 Å². The first kappa shape index (κ1) is 25.0. The van der Waals surface area contributed by atoms with Gasteiger partial charge >= 0.3 is 0 Å². The molecule has 11 heteroatoms. The number of nitrogens with zero attached hydrogens (tertiary/aromatic N) is 3. The number of nitrogens with one attached hydrogen (secondary N) is 2. The minimum Gasteiger partial charge on any atom is -0.493 e. The molecule has 0 fully saturated rings. The number of methoxy groups -OCH3 is 1. The van der Waals surface area contributed by atoms with Crippen LogP contribution in [0.1, 0.15) is 5.56 Å². The molecule has 37 heavy (non-hydrogen) atoms. The summed E-state index contributed by atoms with van der Waals surface area (Å²) in [5, 5.41) is 4.91. The number of anilines is 2. The first-order valence-corrected chi connectivity index (χ1v) is 12.1. The molecule has 0 saturated carbocycles. The Hall–Kier alpha value is -3.63. The fourth-order valence-electron chi connectivity index (χ4n) is 3.65. The number of hydrogen-bond donors (Lipinski definition) is 2. The van der Waals surface area contributed by atoms with Crippen LogP contribution < -0.4 is 20.3 Å². The average molecular weight is 540 g/mol. The van der Waals surface area contributed by atoms with Crippen molar-refractivity contribution in [3.8, 4) is 11.5 Å². The van der Waals surface area contributed by atoms with Crippen LogP contribution in [-0.4, -0.2) is 42.4 Å². The highest BCUT2D eigenvalue weighted by Crippen LogP contribution is 2.35. The van der Waals surface area contributed by atoms with E-state index in [0.29, 0.717) is 45.4 Å². The molecule has 2 N–H and O–H groups in total. The van der Waals surface area contributed by atoms with E-state index < -0.39 is 6.17 Å². The molecule has 5 rings (SSSR count). The normalized spacial score (nSPS) is 14.8. The van der Waals surface area contributed by atoms with E-state index in [9.17, 15) is 0 Å². The molecule has 0 bridgehead atoms. The van der Waals surface area contributed by atoms with Crippen molar-refractivity contribution < 1.29 is 19.0 Å². The van der Waals surface area contributed by atoms with Crippen LogP contribution in [0, 0.1) is 0 Å². The maximum Gasteiger partial charge on any atom is 0.237 e. The summed E-state index contributed by atoms with van der Waals surface area (Å²) in [6.45, 7) is 0.940. The van der Waals surface area contributed by atoms with Crippen LogP contribution >= 0.6 is 23.2 Å². The van der Waals surface area contributed by atoms with Crippen LogP contribution in [0.5, 0.6) is 11.5 Å². The Morgan fingerprint density at radius 3 is 2.65 bits per heavy atom. The van der Waals surface area contributed by atoms with Crippen LogP contribution in [0.4, 0.5) is 11.5 Å². The van der Waals surface area contributed by atoms with Gasteiger partial charge in [-0.1, -0.05) is 53.5 Å². The average Bonchev–Trinajstić information content (AvgIpc) is 3.37. The molecule has 4 aromatic rings. The molecule has 1 aliphatic heterocycles. The summed E-state index contributed by atoms with van der Waals surface area (Å²) in [6.07, 6.45) is 1.07. The molecule has 9 nitrogen and oxygen atoms in total. The van der Waals surface area contributed by atoms with Crippen molar-refractivity contribution in [2.45, 2.75) is 12.8 Å². The van der Waals surface area contributed by atoms with Crippen molar-refractivity contribution >= 4 is 51.5 Å². The lowest BCUT2D eigenvalue weighted by Gasteiger charge is -2.15. The lowest BCUT2D eigenvalue weighted by Crippen LogP contribution is -2.28. The molecule has 2 heterocycles. The van der Waals surface area contributed by atoms with Gasteiger partial charge in [-0.25, -0.2) is 15.0 Å². The van der Waals surface area contributed by atoms with E-state index in [1.807, 2.05) is 42.5 Å². The zero-order chi connectivity index (χ0) is 25.6. The van der Waals surface area contributed by atoms with E-state index in [1.54, 1.807) is 25.3 Å². The van der Waals surface area contributed by atoms with E-state index in [2.05, 4.69) is 25.8 Å². The Kier molecular flexibility index (Phi) is 7.86. The second-order valence-corrected chi connectivity index (χ2v) is 8.86. The van der Waals surface area contributed by atoms with Gasteiger partial charge in [0, 0.05) is 17.1 Å². The first-order valence-electron chi connectivity index (χ1n) is 11.4. The fourth-order valence-corrected chi connectivity index (χ4v) is 3.94. The van der Waals surface area contributed by atoms with Crippen LogP contribution in [0.3, 0.4) is 0 Å². The second-order valence-electron chi connectivity index (χ2n) is 8.04. The van der Waals surface area contributed by atoms with Crippen LogP contribution in [0.2, 0.25) is 10.0 Å². The van der Waals surface area contributed by atoms with Gasteiger partial charge in [0.15, 0.2) is 17.7 Å². The molecular formula is C26H23Cl2N5O4. The number of halogens is 2. The molecule has 3 aromatic carbocycles. The zero-order valence-corrected chi connectivity index (χ0v) is 21.3. The standard InChI is InChI=1S/C26H23Cl2N5O4/c1-34-22-10-18-21(29-15-30-26(18)31-17-7-8-19(27)20(28)9-17)11-23(22)36-13-24-32-25(37-33-24)14-35-12-16-5-3-2-4-6-16/h2-11,15,24,33H,12-14H2,1H3,(H,29,30,31). The van der Waals surface area contributed by atoms with Gasteiger partial charge in [-0.3, -0.25) is 0 Å². The molecule has 190 valence electrons. The molecule has 1 unspecified atom stereocenters. The third-order valence-electron chi connectivity index (χ3n) is 5.45. The third kappa shape index (κ3) is 6.20. The Morgan fingerprint density at radius 2 is 1.84 bits per heavy atom. The SMILES string of the molecule is COc1cc2c(Nc3ccc(Cl)c(Cl)c3)ncnc2cc1OCC1N=C(COCc2ccccc2)ON1. The van der Waals surface area contributed by atoms with Crippen molar-refractivity contribution in [1.29, 1.82) is 0 Å². The molecule has 1 atom stereocenters. The van der Waals surface area contributed by atoms with Crippen molar-refractivity contribution in [3.63, 3.8) is 0 Å². The van der Waals surface area contributed by atoms with E-state index in [1.165, 1.54) is 6.33 Å². The van der Waals surface area contributed by atoms with Gasteiger partial charge in [0.05, 0.1) is 29.3 Å². The number of aromatic nitrogens is 2. The Balaban J connectivity index is 1.24. The van der Waals surface area contributed by atoms with Gasteiger partial charge < -0.3 is 24.4 Å². The highest BCUT2D eigenvalue weighted by Gasteiger charge is 2.20. The van der Waals surface area contributed by atoms with Gasteiger partial charge in [0.25, 0.3) is 0 Å². The summed E-state index contributed by atoms with van der Waals surface area (Å²) < 4.78 is 17.2. The molecule has 0 radical (unpaired) electrons. The summed E-state index contributed by atoms with van der Waals surface area (Å²) in [5.41, 5.74) is 5.33. The Labute approximate surface area is 223 Å². The van der Waals surface area contributed by atoms with Gasteiger partial charge in [0.1, 0.15) is 25.4 Å². The summed E-state index contributed by atoms with van der Waals surface area (Å²) in [7, 11) is 1.57. The molecule has 0 saturated heterocycles. The molecule has 0 amide bonds. The van der Waals surface area contributed by atoms with E-state index in [-0.39, 0.29) is 13.2 Å². The summed E-state index contributed by atoms with van der Waals surface area (Å²) in [5.74, 6) is 2.08. The van der Waals surface area contributed by atoms with Crippen LogP contribution in [0.15, 0.2) is 72.0 Å². The summed E-state index contributed by atoms with van der Waals surface area (Å²) in [6, 6.07) is 18.8. The minimum atomic E-state index is -0.395. The Bertz CT molecular complexity index is 1420. The molecule has 1 aromatic heterocycles. The summed E-state index contributed by atoms with van der Waals surface area (Å²) in [4.78, 5) is 18.6. The number of aliphatic imine (C=N–C) groups is 1. The number of hydrogen-bond acceptors (Lipinski definition) is 9. The topological polar surface area (TPSA) is 99.1 Å². The first-order chi connectivity index (χ1) is 18.1. The minimum absolute atomic E-state index is 0.212. The fraction of sp³-hybridized carbons (Fsp3) is 0.192. The van der Waals surface area contributed by atoms with Gasteiger partial charge in [0.2, 0.25) is 5.90 Å². The van der Waals surface area contributed by atoms with Crippen molar-refractivity contribution in [1.82, 2.24) is 15.4 Å². The van der Waals surface area contributed by atoms with Crippen molar-refractivity contribution in [3.05, 3.63) is 82.6 Å². The van der Waals surface area contributed by atoms with Crippen molar-refractivity contribution in [2.75, 3.05) is 25.6 Å². The lowest BCUT2D eigenvalue weighted by molar-refractivity contribution is 0.109. The predicted octanol–water partition coefficient (Wildman–Crippen LogP) is 5.54. The smallest absolute Gasteiger partial charge is 0.237 e. The highest BCUT2D eigenvalue weighted by molar-refractivity contribution is 6.42. The Morgan fingerprint density at radius 1 is 0.973 bits per heavy atom. The summed E-state index contributed by atoms with van der Waals surface area (Å²) >= 11 is 12.2. The van der Waals surface area contributed by atoms with Gasteiger partial charge in [-0.15, -0.1) is 5.48 Å². The quantitative estimate of drug-likeness (QED) is 0.271. The predicted molar refractivity (Wildman–Crippen MR) is 143 cm³/mol. The maximum absolute atomic E-state index is 6.14. The molecule has 1 aliphatic rings. The van der Waals surface area contributed by atoms with Crippen LogP contribution in [0.25, 0.3) is 10.9 Å². The lowest BCUT2D eigenvalue weighted by atomic mass is 10.2. The number of benzene rings is 3. The van der Waals surface area contributed by atoms with Crippen molar-refractivity contribution in [2.24, 2.45) is 4.99 Å². The highest BCUT2D eigenvalue weighted by atomic mass is 35.5. The molecule has 0 aliphatic carbocycles. The van der Waals surface area contributed by atoms with E-state index in [4.69, 9.17) is 42.3 Å². The number of rotatable bonds is 10. The number of hydroxylamine groups is 1.